The van der Waals surface area contributed by atoms with Crippen molar-refractivity contribution < 1.29 is 9.53 Å². The third-order valence-electron chi connectivity index (χ3n) is 4.22. The maximum absolute atomic E-state index is 12.1. The van der Waals surface area contributed by atoms with Crippen molar-refractivity contribution in [3.05, 3.63) is 93.5 Å². The molecule has 0 aliphatic carbocycles. The number of anilines is 1. The molecule has 30 heavy (non-hydrogen) atoms. The Morgan fingerprint density at radius 1 is 1.10 bits per heavy atom. The number of amides is 1. The van der Waals surface area contributed by atoms with E-state index in [1.165, 1.54) is 0 Å². The minimum Gasteiger partial charge on any atom is -0.484 e. The molecule has 0 saturated carbocycles. The van der Waals surface area contributed by atoms with Crippen LogP contribution >= 0.6 is 23.2 Å². The monoisotopic (exact) mass is 436 g/mol. The zero-order valence-electron chi connectivity index (χ0n) is 16.2. The predicted molar refractivity (Wildman–Crippen MR) is 122 cm³/mol. The van der Waals surface area contributed by atoms with E-state index >= 15 is 0 Å². The van der Waals surface area contributed by atoms with Gasteiger partial charge in [-0.25, -0.2) is 0 Å². The van der Waals surface area contributed by atoms with Crippen LogP contribution in [0.15, 0.2) is 66.7 Å². The van der Waals surface area contributed by atoms with Crippen molar-refractivity contribution in [3.8, 4) is 11.8 Å². The fourth-order valence-electron chi connectivity index (χ4n) is 2.72. The Bertz CT molecular complexity index is 1130. The van der Waals surface area contributed by atoms with Crippen LogP contribution in [0.3, 0.4) is 0 Å². The van der Waals surface area contributed by atoms with E-state index in [0.29, 0.717) is 32.6 Å². The van der Waals surface area contributed by atoms with Crippen LogP contribution in [0.1, 0.15) is 16.7 Å². The van der Waals surface area contributed by atoms with Crippen molar-refractivity contribution in [2.24, 2.45) is 0 Å². The zero-order valence-corrected chi connectivity index (χ0v) is 17.7. The highest BCUT2D eigenvalue weighted by Gasteiger charge is 2.08. The van der Waals surface area contributed by atoms with E-state index in [4.69, 9.17) is 27.9 Å². The highest BCUT2D eigenvalue weighted by molar-refractivity contribution is 6.36. The van der Waals surface area contributed by atoms with Gasteiger partial charge in [0.25, 0.3) is 5.91 Å². The third-order valence-corrected chi connectivity index (χ3v) is 4.76. The number of carbonyl (C=O) groups excluding carboxylic acids is 1. The fraction of sp³-hybridized carbons (Fsp3) is 0.0833. The molecule has 150 valence electrons. The van der Waals surface area contributed by atoms with Crippen LogP contribution in [0.25, 0.3) is 11.6 Å². The lowest BCUT2D eigenvalue weighted by molar-refractivity contribution is -0.118. The molecule has 0 bridgehead atoms. The van der Waals surface area contributed by atoms with E-state index in [2.05, 4.69) is 11.4 Å². The van der Waals surface area contributed by atoms with Crippen LogP contribution < -0.4 is 10.1 Å². The normalized spacial score (nSPS) is 10.9. The molecule has 1 N–H and O–H groups in total. The molecule has 3 aromatic rings. The summed E-state index contributed by atoms with van der Waals surface area (Å²) in [5.41, 5.74) is 3.56. The molecule has 0 heterocycles. The SMILES string of the molecule is Cc1ccc(NC(=O)COc2cccc(/C=C(\C#N)c3ccc(Cl)cc3Cl)c2)cc1. The van der Waals surface area contributed by atoms with Gasteiger partial charge in [-0.05, 0) is 55.0 Å². The molecule has 6 heteroatoms. The van der Waals surface area contributed by atoms with Crippen LogP contribution in [0, 0.1) is 18.3 Å². The Kier molecular flexibility index (Phi) is 7.13. The number of ether oxygens (including phenoxy) is 1. The molecule has 0 radical (unpaired) electrons. The van der Waals surface area contributed by atoms with Gasteiger partial charge in [-0.1, -0.05) is 59.1 Å². The molecule has 4 nitrogen and oxygen atoms in total. The summed E-state index contributed by atoms with van der Waals surface area (Å²) in [4.78, 5) is 12.1. The van der Waals surface area contributed by atoms with Crippen molar-refractivity contribution in [2.45, 2.75) is 6.92 Å². The van der Waals surface area contributed by atoms with E-state index in [1.54, 1.807) is 42.5 Å². The summed E-state index contributed by atoms with van der Waals surface area (Å²) in [5, 5.41) is 13.2. The quantitative estimate of drug-likeness (QED) is 0.359. The first kappa shape index (κ1) is 21.4. The Morgan fingerprint density at radius 2 is 1.87 bits per heavy atom. The minimum absolute atomic E-state index is 0.130. The number of rotatable bonds is 6. The molecule has 0 unspecified atom stereocenters. The van der Waals surface area contributed by atoms with E-state index in [0.717, 1.165) is 11.1 Å². The predicted octanol–water partition coefficient (Wildman–Crippen LogP) is 6.38. The van der Waals surface area contributed by atoms with Crippen molar-refractivity contribution in [1.29, 1.82) is 5.26 Å². The van der Waals surface area contributed by atoms with Gasteiger partial charge >= 0.3 is 0 Å². The van der Waals surface area contributed by atoms with Gasteiger partial charge < -0.3 is 10.1 Å². The highest BCUT2D eigenvalue weighted by atomic mass is 35.5. The Hall–Kier alpha value is -3.26. The molecular formula is C24H18Cl2N2O2. The maximum Gasteiger partial charge on any atom is 0.262 e. The maximum atomic E-state index is 12.1. The number of nitrogens with one attached hydrogen (secondary N) is 1. The molecule has 0 fully saturated rings. The first-order chi connectivity index (χ1) is 14.4. The minimum atomic E-state index is -0.259. The summed E-state index contributed by atoms with van der Waals surface area (Å²) in [7, 11) is 0. The molecule has 0 aromatic heterocycles. The van der Waals surface area contributed by atoms with Crippen LogP contribution in [0.4, 0.5) is 5.69 Å². The number of nitriles is 1. The van der Waals surface area contributed by atoms with E-state index < -0.39 is 0 Å². The summed E-state index contributed by atoms with van der Waals surface area (Å²) in [5.74, 6) is 0.257. The second-order valence-corrected chi connectivity index (χ2v) is 7.41. The zero-order chi connectivity index (χ0) is 21.5. The molecule has 0 aliphatic heterocycles. The van der Waals surface area contributed by atoms with Gasteiger partial charge in [-0.15, -0.1) is 0 Å². The summed E-state index contributed by atoms with van der Waals surface area (Å²) >= 11 is 12.1. The van der Waals surface area contributed by atoms with Gasteiger partial charge in [0.1, 0.15) is 5.75 Å². The lowest BCUT2D eigenvalue weighted by Gasteiger charge is -2.09. The molecule has 3 rings (SSSR count). The first-order valence-corrected chi connectivity index (χ1v) is 9.87. The number of aryl methyl sites for hydroxylation is 1. The molecule has 0 aliphatic rings. The van der Waals surface area contributed by atoms with Crippen molar-refractivity contribution >= 4 is 46.4 Å². The second-order valence-electron chi connectivity index (χ2n) is 6.57. The van der Waals surface area contributed by atoms with Crippen LogP contribution in [-0.2, 0) is 4.79 Å². The topological polar surface area (TPSA) is 62.1 Å². The lowest BCUT2D eigenvalue weighted by Crippen LogP contribution is -2.20. The lowest BCUT2D eigenvalue weighted by atomic mass is 10.0. The Balaban J connectivity index is 1.69. The van der Waals surface area contributed by atoms with E-state index in [1.807, 2.05) is 37.3 Å². The van der Waals surface area contributed by atoms with Gasteiger partial charge in [0, 0.05) is 16.3 Å². The first-order valence-electron chi connectivity index (χ1n) is 9.11. The average molecular weight is 437 g/mol. The van der Waals surface area contributed by atoms with Crippen molar-refractivity contribution in [2.75, 3.05) is 11.9 Å². The van der Waals surface area contributed by atoms with Gasteiger partial charge in [-0.3, -0.25) is 4.79 Å². The molecule has 0 spiro atoms. The molecule has 0 atom stereocenters. The molecule has 3 aromatic carbocycles. The summed E-state index contributed by atoms with van der Waals surface area (Å²) in [6.07, 6.45) is 1.70. The summed E-state index contributed by atoms with van der Waals surface area (Å²) in [6.45, 7) is 1.85. The Morgan fingerprint density at radius 3 is 2.57 bits per heavy atom. The van der Waals surface area contributed by atoms with E-state index in [-0.39, 0.29) is 12.5 Å². The molecular weight excluding hydrogens is 419 g/mol. The molecule has 1 amide bonds. The average Bonchev–Trinajstić information content (AvgIpc) is 2.73. The fourth-order valence-corrected chi connectivity index (χ4v) is 3.23. The van der Waals surface area contributed by atoms with Gasteiger partial charge in [-0.2, -0.15) is 5.26 Å². The number of benzene rings is 3. The third kappa shape index (κ3) is 5.87. The second kappa shape index (κ2) is 9.98. The smallest absolute Gasteiger partial charge is 0.262 e. The van der Waals surface area contributed by atoms with Crippen LogP contribution in [0.5, 0.6) is 5.75 Å². The Labute approximate surface area is 185 Å². The summed E-state index contributed by atoms with van der Waals surface area (Å²) in [6, 6.07) is 21.8. The number of halogens is 2. The standard InChI is InChI=1S/C24H18Cl2N2O2/c1-16-5-8-20(9-6-16)28-24(29)15-30-21-4-2-3-17(12-21)11-18(14-27)22-10-7-19(25)13-23(22)26/h2-13H,15H2,1H3,(H,28,29)/b18-11+. The van der Waals surface area contributed by atoms with Crippen LogP contribution in [-0.4, -0.2) is 12.5 Å². The number of hydrogen-bond donors (Lipinski definition) is 1. The van der Waals surface area contributed by atoms with Crippen molar-refractivity contribution in [1.82, 2.24) is 0 Å². The van der Waals surface area contributed by atoms with Crippen molar-refractivity contribution in [3.63, 3.8) is 0 Å². The highest BCUT2D eigenvalue weighted by Crippen LogP contribution is 2.28. The number of carbonyl (C=O) groups is 1. The van der Waals surface area contributed by atoms with Gasteiger partial charge in [0.15, 0.2) is 6.61 Å². The number of allylic oxidation sites excluding steroid dienone is 1. The number of nitrogens with zero attached hydrogens (tertiary/aromatic N) is 1. The summed E-state index contributed by atoms with van der Waals surface area (Å²) < 4.78 is 5.60. The number of hydrogen-bond acceptors (Lipinski definition) is 3. The van der Waals surface area contributed by atoms with Gasteiger partial charge in [0.05, 0.1) is 16.7 Å². The van der Waals surface area contributed by atoms with Gasteiger partial charge in [0.2, 0.25) is 0 Å². The largest absolute Gasteiger partial charge is 0.484 e. The molecule has 0 saturated heterocycles. The van der Waals surface area contributed by atoms with Crippen LogP contribution in [0.2, 0.25) is 10.0 Å². The van der Waals surface area contributed by atoms with E-state index in [9.17, 15) is 10.1 Å².